The van der Waals surface area contributed by atoms with E-state index in [1.165, 1.54) is 109 Å². The number of phosphoric ester groups is 1. The fraction of sp³-hybridized carbons (Fsp3) is 0.745. The van der Waals surface area contributed by atoms with Crippen LogP contribution in [0.4, 0.5) is 0 Å². The lowest BCUT2D eigenvalue weighted by atomic mass is 10.1. The molecule has 0 bridgehead atoms. The molecule has 2 atom stereocenters. The number of esters is 2. The molecule has 57 heavy (non-hydrogen) atoms. The first-order chi connectivity index (χ1) is 27.8. The highest BCUT2D eigenvalue weighted by Crippen LogP contribution is 2.43. The van der Waals surface area contributed by atoms with Gasteiger partial charge in [0.1, 0.15) is 6.61 Å². The Balaban J connectivity index is 4.23. The predicted molar refractivity (Wildman–Crippen MR) is 238 cm³/mol. The van der Waals surface area contributed by atoms with Gasteiger partial charge in [0, 0.05) is 19.4 Å². The Labute approximate surface area is 349 Å². The lowest BCUT2D eigenvalue weighted by Gasteiger charge is -2.19. The van der Waals surface area contributed by atoms with Crippen molar-refractivity contribution in [2.75, 3.05) is 26.4 Å². The molecule has 0 aromatic carbocycles. The molecule has 0 aliphatic rings. The van der Waals surface area contributed by atoms with Crippen LogP contribution in [-0.4, -0.2) is 49.3 Å². The van der Waals surface area contributed by atoms with E-state index in [0.29, 0.717) is 12.8 Å². The van der Waals surface area contributed by atoms with Gasteiger partial charge in [0.05, 0.1) is 13.2 Å². The van der Waals surface area contributed by atoms with Crippen molar-refractivity contribution < 1.29 is 37.6 Å². The molecule has 0 aromatic rings. The van der Waals surface area contributed by atoms with E-state index in [1.807, 2.05) is 6.08 Å². The zero-order chi connectivity index (χ0) is 41.8. The van der Waals surface area contributed by atoms with Crippen LogP contribution in [0.2, 0.25) is 0 Å². The lowest BCUT2D eigenvalue weighted by molar-refractivity contribution is -0.161. The third kappa shape index (κ3) is 43.1. The van der Waals surface area contributed by atoms with Gasteiger partial charge in [0.15, 0.2) is 6.10 Å². The van der Waals surface area contributed by atoms with Crippen LogP contribution in [0.25, 0.3) is 0 Å². The van der Waals surface area contributed by atoms with Gasteiger partial charge in [-0.15, -0.1) is 0 Å². The Morgan fingerprint density at radius 2 is 0.947 bits per heavy atom. The molecule has 330 valence electrons. The Kier molecular flexibility index (Phi) is 41.6. The van der Waals surface area contributed by atoms with Crippen LogP contribution in [0.15, 0.2) is 60.8 Å². The number of unbranched alkanes of at least 4 members (excludes halogenated alkanes) is 19. The van der Waals surface area contributed by atoms with E-state index < -0.39 is 32.5 Å². The fourth-order valence-corrected chi connectivity index (χ4v) is 6.73. The van der Waals surface area contributed by atoms with Crippen LogP contribution in [0, 0.1) is 0 Å². The fourth-order valence-electron chi connectivity index (χ4n) is 5.96. The number of phosphoric acid groups is 1. The van der Waals surface area contributed by atoms with Crippen molar-refractivity contribution in [2.45, 2.75) is 200 Å². The number of rotatable bonds is 42. The first-order valence-electron chi connectivity index (χ1n) is 22.8. The van der Waals surface area contributed by atoms with Crippen LogP contribution in [0.1, 0.15) is 194 Å². The number of nitrogens with two attached hydrogens (primary N) is 1. The summed E-state index contributed by atoms with van der Waals surface area (Å²) in [7, 11) is -4.39. The molecule has 0 aromatic heterocycles. The predicted octanol–water partition coefficient (Wildman–Crippen LogP) is 13.3. The van der Waals surface area contributed by atoms with Crippen molar-refractivity contribution in [2.24, 2.45) is 5.73 Å². The summed E-state index contributed by atoms with van der Waals surface area (Å²) < 4.78 is 32.7. The lowest BCUT2D eigenvalue weighted by Crippen LogP contribution is -2.29. The molecule has 0 saturated heterocycles. The SMILES string of the molecule is CCCC/C=C/CCCCCCCCCCCC(=O)OC[C@H](COP(=O)(O)OCCN)OC(=O)CCC/C=C/C/C=C/C/C=C/C/C=C/CCCCCCCCC. The maximum absolute atomic E-state index is 12.6. The van der Waals surface area contributed by atoms with Gasteiger partial charge in [-0.1, -0.05) is 171 Å². The molecule has 0 heterocycles. The maximum atomic E-state index is 12.6. The third-order valence-electron chi connectivity index (χ3n) is 9.38. The Morgan fingerprint density at radius 3 is 1.47 bits per heavy atom. The number of carbonyl (C=O) groups excluding carboxylic acids is 2. The molecular weight excluding hydrogens is 737 g/mol. The van der Waals surface area contributed by atoms with E-state index in [-0.39, 0.29) is 32.6 Å². The van der Waals surface area contributed by atoms with Crippen molar-refractivity contribution in [3.63, 3.8) is 0 Å². The minimum Gasteiger partial charge on any atom is -0.462 e. The number of ether oxygens (including phenoxy) is 2. The molecule has 0 fully saturated rings. The molecule has 0 aliphatic carbocycles. The van der Waals surface area contributed by atoms with Gasteiger partial charge in [0.2, 0.25) is 0 Å². The van der Waals surface area contributed by atoms with Gasteiger partial charge < -0.3 is 20.1 Å². The minimum atomic E-state index is -4.39. The molecule has 0 saturated carbocycles. The largest absolute Gasteiger partial charge is 0.472 e. The highest BCUT2D eigenvalue weighted by Gasteiger charge is 2.25. The van der Waals surface area contributed by atoms with E-state index in [9.17, 15) is 19.0 Å². The van der Waals surface area contributed by atoms with Crippen LogP contribution in [0.5, 0.6) is 0 Å². The van der Waals surface area contributed by atoms with Crippen LogP contribution in [0.3, 0.4) is 0 Å². The second-order valence-corrected chi connectivity index (χ2v) is 16.4. The Morgan fingerprint density at radius 1 is 0.526 bits per heavy atom. The van der Waals surface area contributed by atoms with E-state index in [4.69, 9.17) is 24.3 Å². The van der Waals surface area contributed by atoms with E-state index in [0.717, 1.165) is 44.9 Å². The topological polar surface area (TPSA) is 134 Å². The standard InChI is InChI=1S/C47H84NO8P/c1-3-5-7-9-11-13-15-17-19-20-21-22-23-24-26-28-30-32-34-36-38-40-47(50)56-45(44-55-57(51,52)54-42-41-48)43-53-46(49)39-37-35-33-31-29-27-25-18-16-14-12-10-8-6-4-2/h10,12,19-20,22-23,26,28,32,34,45H,3-9,11,13-18,21,24-25,27,29-31,33,35-44,48H2,1-2H3,(H,51,52)/b12-10+,20-19+,23-22+,28-26+,34-32+/t45-/m1/s1. The van der Waals surface area contributed by atoms with Gasteiger partial charge in [0.25, 0.3) is 0 Å². The van der Waals surface area contributed by atoms with Gasteiger partial charge in [-0.25, -0.2) is 4.57 Å². The molecule has 3 N–H and O–H groups in total. The molecule has 0 amide bonds. The van der Waals surface area contributed by atoms with Crippen molar-refractivity contribution in [1.29, 1.82) is 0 Å². The zero-order valence-electron chi connectivity index (χ0n) is 36.3. The van der Waals surface area contributed by atoms with E-state index in [2.05, 4.69) is 68.5 Å². The summed E-state index contributed by atoms with van der Waals surface area (Å²) >= 11 is 0. The molecule has 9 nitrogen and oxygen atoms in total. The summed E-state index contributed by atoms with van der Waals surface area (Å²) in [5.74, 6) is -0.898. The minimum absolute atomic E-state index is 0.0425. The Bertz CT molecular complexity index is 1120. The van der Waals surface area contributed by atoms with Gasteiger partial charge in [-0.05, 0) is 70.6 Å². The van der Waals surface area contributed by atoms with Crippen molar-refractivity contribution >= 4 is 19.8 Å². The normalized spacial score (nSPS) is 13.8. The van der Waals surface area contributed by atoms with Gasteiger partial charge >= 0.3 is 19.8 Å². The maximum Gasteiger partial charge on any atom is 0.472 e. The molecule has 0 aliphatic heterocycles. The summed E-state index contributed by atoms with van der Waals surface area (Å²) in [6.07, 6.45) is 51.2. The number of allylic oxidation sites excluding steroid dienone is 10. The monoisotopic (exact) mass is 822 g/mol. The van der Waals surface area contributed by atoms with Crippen LogP contribution in [-0.2, 0) is 32.7 Å². The van der Waals surface area contributed by atoms with Crippen molar-refractivity contribution in [1.82, 2.24) is 0 Å². The molecule has 10 heteroatoms. The average molecular weight is 822 g/mol. The summed E-state index contributed by atoms with van der Waals surface area (Å²) in [5.41, 5.74) is 5.35. The van der Waals surface area contributed by atoms with Crippen LogP contribution < -0.4 is 5.73 Å². The third-order valence-corrected chi connectivity index (χ3v) is 10.4. The Hall–Kier alpha value is -2.29. The highest BCUT2D eigenvalue weighted by molar-refractivity contribution is 7.47. The van der Waals surface area contributed by atoms with Gasteiger partial charge in [-0.2, -0.15) is 0 Å². The number of hydrogen-bond acceptors (Lipinski definition) is 8. The van der Waals surface area contributed by atoms with Crippen molar-refractivity contribution in [3.05, 3.63) is 60.8 Å². The molecule has 0 radical (unpaired) electrons. The zero-order valence-corrected chi connectivity index (χ0v) is 37.2. The average Bonchev–Trinajstić information content (AvgIpc) is 3.20. The molecular formula is C47H84NO8P. The summed E-state index contributed by atoms with van der Waals surface area (Å²) in [4.78, 5) is 34.9. The smallest absolute Gasteiger partial charge is 0.462 e. The second-order valence-electron chi connectivity index (χ2n) is 14.9. The van der Waals surface area contributed by atoms with Gasteiger partial charge in [-0.3, -0.25) is 18.6 Å². The highest BCUT2D eigenvalue weighted by atomic mass is 31.2. The summed E-state index contributed by atoms with van der Waals surface area (Å²) in [6, 6.07) is 0. The molecule has 0 rings (SSSR count). The van der Waals surface area contributed by atoms with E-state index in [1.54, 1.807) is 0 Å². The van der Waals surface area contributed by atoms with Crippen molar-refractivity contribution in [3.8, 4) is 0 Å². The second kappa shape index (κ2) is 43.3. The quantitative estimate of drug-likeness (QED) is 0.0267. The first kappa shape index (κ1) is 54.7. The van der Waals surface area contributed by atoms with E-state index >= 15 is 0 Å². The summed E-state index contributed by atoms with van der Waals surface area (Å²) in [6.45, 7) is 3.63. The molecule has 1 unspecified atom stereocenters. The van der Waals surface area contributed by atoms with Crippen LogP contribution >= 0.6 is 7.82 Å². The first-order valence-corrected chi connectivity index (χ1v) is 24.3. The summed E-state index contributed by atoms with van der Waals surface area (Å²) in [5, 5.41) is 0. The number of hydrogen-bond donors (Lipinski definition) is 2. The molecule has 0 spiro atoms. The number of carbonyl (C=O) groups is 2.